The number of aryl methyl sites for hydroxylation is 1. The number of halogens is 2. The number of hydrogen-bond acceptors (Lipinski definition) is 2. The van der Waals surface area contributed by atoms with Gasteiger partial charge in [0.05, 0.1) is 21.8 Å². The van der Waals surface area contributed by atoms with Crippen molar-refractivity contribution in [2.24, 2.45) is 7.05 Å². The number of nitrogens with zero attached hydrogens (tertiary/aromatic N) is 2. The minimum atomic E-state index is -1.14. The Morgan fingerprint density at radius 2 is 1.88 bits per heavy atom. The van der Waals surface area contributed by atoms with Crippen molar-refractivity contribution in [2.75, 3.05) is 0 Å². The summed E-state index contributed by atoms with van der Waals surface area (Å²) >= 11 is 11.8. The zero-order valence-electron chi connectivity index (χ0n) is 8.82. The molecule has 0 spiro atoms. The molecule has 1 heterocycles. The molecular formula is C11H8Cl2N2O2. The lowest BCUT2D eigenvalue weighted by Gasteiger charge is -2.05. The van der Waals surface area contributed by atoms with Crippen LogP contribution in [0, 0.1) is 0 Å². The second kappa shape index (κ2) is 4.39. The largest absolute Gasteiger partial charge is 0.478 e. The van der Waals surface area contributed by atoms with Gasteiger partial charge in [0.15, 0.2) is 0 Å². The Labute approximate surface area is 107 Å². The Morgan fingerprint density at radius 1 is 1.29 bits per heavy atom. The molecule has 2 aromatic rings. The first-order valence-corrected chi connectivity index (χ1v) is 5.46. The zero-order chi connectivity index (χ0) is 12.6. The van der Waals surface area contributed by atoms with E-state index in [1.807, 2.05) is 0 Å². The summed E-state index contributed by atoms with van der Waals surface area (Å²) in [5.41, 5.74) is 1.48. The van der Waals surface area contributed by atoms with Crippen LogP contribution in [0.1, 0.15) is 10.4 Å². The standard InChI is InChI=1S/C11H8Cl2N2O2/c1-15-5-7(4-14-15)6-2-8(12)10(11(16)17)9(13)3-6/h2-5H,1H3,(H,16,17). The molecular weight excluding hydrogens is 263 g/mol. The molecule has 1 N–H and O–H groups in total. The van der Waals surface area contributed by atoms with Crippen molar-refractivity contribution in [3.63, 3.8) is 0 Å². The monoisotopic (exact) mass is 270 g/mol. The highest BCUT2D eigenvalue weighted by molar-refractivity contribution is 6.39. The van der Waals surface area contributed by atoms with E-state index in [1.54, 1.807) is 36.3 Å². The number of carboxylic acid groups (broad SMARTS) is 1. The van der Waals surface area contributed by atoms with E-state index in [2.05, 4.69) is 5.10 Å². The van der Waals surface area contributed by atoms with E-state index in [0.29, 0.717) is 0 Å². The maximum Gasteiger partial charge on any atom is 0.338 e. The molecule has 0 amide bonds. The van der Waals surface area contributed by atoms with Gasteiger partial charge in [-0.3, -0.25) is 4.68 Å². The molecule has 0 atom stereocenters. The van der Waals surface area contributed by atoms with Gasteiger partial charge in [-0.15, -0.1) is 0 Å². The van der Waals surface area contributed by atoms with Crippen molar-refractivity contribution in [3.05, 3.63) is 40.1 Å². The van der Waals surface area contributed by atoms with E-state index in [0.717, 1.165) is 11.1 Å². The SMILES string of the molecule is Cn1cc(-c2cc(Cl)c(C(=O)O)c(Cl)c2)cn1. The van der Waals surface area contributed by atoms with Gasteiger partial charge in [0.1, 0.15) is 0 Å². The van der Waals surface area contributed by atoms with Gasteiger partial charge in [0.25, 0.3) is 0 Å². The van der Waals surface area contributed by atoms with Crippen LogP contribution in [-0.4, -0.2) is 20.9 Å². The van der Waals surface area contributed by atoms with Gasteiger partial charge in [-0.05, 0) is 17.7 Å². The highest BCUT2D eigenvalue weighted by Crippen LogP contribution is 2.31. The summed E-state index contributed by atoms with van der Waals surface area (Å²) < 4.78 is 1.64. The minimum Gasteiger partial charge on any atom is -0.478 e. The van der Waals surface area contributed by atoms with E-state index in [9.17, 15) is 4.79 Å². The van der Waals surface area contributed by atoms with Crippen LogP contribution in [-0.2, 0) is 7.05 Å². The lowest BCUT2D eigenvalue weighted by molar-refractivity contribution is 0.0697. The van der Waals surface area contributed by atoms with Gasteiger partial charge < -0.3 is 5.11 Å². The van der Waals surface area contributed by atoms with Crippen molar-refractivity contribution in [2.45, 2.75) is 0 Å². The first kappa shape index (κ1) is 12.0. The molecule has 1 aromatic heterocycles. The molecule has 0 fully saturated rings. The quantitative estimate of drug-likeness (QED) is 0.913. The van der Waals surface area contributed by atoms with E-state index in [1.165, 1.54) is 0 Å². The molecule has 2 rings (SSSR count). The predicted molar refractivity (Wildman–Crippen MR) is 65.6 cm³/mol. The van der Waals surface area contributed by atoms with E-state index >= 15 is 0 Å². The first-order valence-electron chi connectivity index (χ1n) is 4.70. The predicted octanol–water partition coefficient (Wildman–Crippen LogP) is 3.09. The number of aromatic nitrogens is 2. The maximum atomic E-state index is 10.9. The van der Waals surface area contributed by atoms with Crippen molar-refractivity contribution >= 4 is 29.2 Å². The smallest absolute Gasteiger partial charge is 0.338 e. The number of aromatic carboxylic acids is 1. The fourth-order valence-corrected chi connectivity index (χ4v) is 2.16. The summed E-state index contributed by atoms with van der Waals surface area (Å²) in [4.78, 5) is 10.9. The summed E-state index contributed by atoms with van der Waals surface area (Å²) in [5, 5.41) is 13.2. The van der Waals surface area contributed by atoms with Gasteiger partial charge in [-0.1, -0.05) is 23.2 Å². The fourth-order valence-electron chi connectivity index (χ4n) is 1.51. The third-order valence-electron chi connectivity index (χ3n) is 2.29. The summed E-state index contributed by atoms with van der Waals surface area (Å²) in [6, 6.07) is 3.13. The third kappa shape index (κ3) is 2.28. The lowest BCUT2D eigenvalue weighted by Crippen LogP contribution is -1.99. The Morgan fingerprint density at radius 3 is 2.29 bits per heavy atom. The van der Waals surface area contributed by atoms with Gasteiger partial charge in [0, 0.05) is 18.8 Å². The summed E-state index contributed by atoms with van der Waals surface area (Å²) in [7, 11) is 1.79. The molecule has 4 nitrogen and oxygen atoms in total. The molecule has 1 aromatic carbocycles. The second-order valence-corrected chi connectivity index (χ2v) is 4.34. The fraction of sp³-hybridized carbons (Fsp3) is 0.0909. The van der Waals surface area contributed by atoms with Crippen LogP contribution in [0.3, 0.4) is 0 Å². The normalized spacial score (nSPS) is 10.5. The van der Waals surface area contributed by atoms with Crippen LogP contribution in [0.5, 0.6) is 0 Å². The molecule has 0 bridgehead atoms. The van der Waals surface area contributed by atoms with E-state index in [4.69, 9.17) is 28.3 Å². The molecule has 0 unspecified atom stereocenters. The van der Waals surface area contributed by atoms with Gasteiger partial charge >= 0.3 is 5.97 Å². The van der Waals surface area contributed by atoms with Crippen LogP contribution in [0.4, 0.5) is 0 Å². The van der Waals surface area contributed by atoms with Crippen LogP contribution >= 0.6 is 23.2 Å². The maximum absolute atomic E-state index is 10.9. The summed E-state index contributed by atoms with van der Waals surface area (Å²) in [6.45, 7) is 0. The minimum absolute atomic E-state index is 0.0824. The Bertz CT molecular complexity index is 570. The van der Waals surface area contributed by atoms with E-state index in [-0.39, 0.29) is 15.6 Å². The molecule has 0 aliphatic carbocycles. The average molecular weight is 271 g/mol. The average Bonchev–Trinajstić information content (AvgIpc) is 2.63. The molecule has 6 heteroatoms. The van der Waals surface area contributed by atoms with Gasteiger partial charge in [-0.25, -0.2) is 4.79 Å². The molecule has 0 saturated heterocycles. The Hall–Kier alpha value is -1.52. The summed E-state index contributed by atoms with van der Waals surface area (Å²) in [5.74, 6) is -1.14. The molecule has 0 radical (unpaired) electrons. The van der Waals surface area contributed by atoms with Crippen molar-refractivity contribution in [3.8, 4) is 11.1 Å². The van der Waals surface area contributed by atoms with E-state index < -0.39 is 5.97 Å². The number of rotatable bonds is 2. The number of carbonyl (C=O) groups is 1. The van der Waals surface area contributed by atoms with Crippen LogP contribution < -0.4 is 0 Å². The van der Waals surface area contributed by atoms with Crippen molar-refractivity contribution in [1.29, 1.82) is 0 Å². The molecule has 88 valence electrons. The first-order chi connectivity index (χ1) is 7.99. The molecule has 0 aliphatic heterocycles. The second-order valence-electron chi connectivity index (χ2n) is 3.52. The van der Waals surface area contributed by atoms with Crippen molar-refractivity contribution in [1.82, 2.24) is 9.78 Å². The lowest BCUT2D eigenvalue weighted by atomic mass is 10.1. The van der Waals surface area contributed by atoms with Crippen LogP contribution in [0.2, 0.25) is 10.0 Å². The molecule has 0 saturated carbocycles. The van der Waals surface area contributed by atoms with Crippen LogP contribution in [0.15, 0.2) is 24.5 Å². The van der Waals surface area contributed by atoms with Gasteiger partial charge in [-0.2, -0.15) is 5.10 Å². The van der Waals surface area contributed by atoms with Crippen LogP contribution in [0.25, 0.3) is 11.1 Å². The Balaban J connectivity index is 2.56. The Kier molecular flexibility index (Phi) is 3.09. The summed E-state index contributed by atoms with van der Waals surface area (Å²) in [6.07, 6.45) is 3.45. The zero-order valence-corrected chi connectivity index (χ0v) is 10.3. The topological polar surface area (TPSA) is 55.1 Å². The van der Waals surface area contributed by atoms with Gasteiger partial charge in [0.2, 0.25) is 0 Å². The number of hydrogen-bond donors (Lipinski definition) is 1. The molecule has 0 aliphatic rings. The number of carboxylic acids is 1. The molecule has 17 heavy (non-hydrogen) atoms. The highest BCUT2D eigenvalue weighted by atomic mass is 35.5. The number of benzene rings is 1. The van der Waals surface area contributed by atoms with Crippen molar-refractivity contribution < 1.29 is 9.90 Å². The third-order valence-corrected chi connectivity index (χ3v) is 2.89. The highest BCUT2D eigenvalue weighted by Gasteiger charge is 2.15.